The van der Waals surface area contributed by atoms with Gasteiger partial charge in [0.1, 0.15) is 10.6 Å². The minimum atomic E-state index is -3.68. The van der Waals surface area contributed by atoms with Crippen molar-refractivity contribution in [3.8, 4) is 0 Å². The molecule has 1 aromatic carbocycles. The Morgan fingerprint density at radius 1 is 1.27 bits per heavy atom. The maximum atomic E-state index is 12.6. The molecular weight excluding hydrogens is 350 g/mol. The average Bonchev–Trinajstić information content (AvgIpc) is 2.94. The van der Waals surface area contributed by atoms with Gasteiger partial charge in [0.2, 0.25) is 10.0 Å². The minimum absolute atomic E-state index is 0.128. The molecule has 1 saturated heterocycles. The molecule has 2 atom stereocenters. The monoisotopic (exact) mass is 377 g/mol. The fraction of sp³-hybridized carbons (Fsp3) is 0.526. The van der Waals surface area contributed by atoms with Gasteiger partial charge in [-0.15, -0.1) is 0 Å². The van der Waals surface area contributed by atoms with E-state index in [0.29, 0.717) is 17.4 Å². The molecule has 0 unspecified atom stereocenters. The van der Waals surface area contributed by atoms with E-state index in [0.717, 1.165) is 18.7 Å². The van der Waals surface area contributed by atoms with Gasteiger partial charge in [0, 0.05) is 24.8 Å². The molecule has 0 radical (unpaired) electrons. The van der Waals surface area contributed by atoms with E-state index >= 15 is 0 Å². The van der Waals surface area contributed by atoms with Crippen LogP contribution in [0.2, 0.25) is 0 Å². The highest BCUT2D eigenvalue weighted by Gasteiger charge is 2.26. The second-order valence-corrected chi connectivity index (χ2v) is 8.93. The van der Waals surface area contributed by atoms with Gasteiger partial charge < -0.3 is 9.42 Å². The lowest BCUT2D eigenvalue weighted by molar-refractivity contribution is 0.390. The number of nitrogens with zero attached hydrogens (tertiary/aromatic N) is 2. The SMILES string of the molecule is Cc1noc(C)c1S(=O)(=O)N[C@@H](C)c1ccc(N2CCC[C@@H](C)C2)cc1. The summed E-state index contributed by atoms with van der Waals surface area (Å²) in [6.45, 7) is 9.52. The van der Waals surface area contributed by atoms with Crippen molar-refractivity contribution in [2.45, 2.75) is 51.5 Å². The maximum Gasteiger partial charge on any atom is 0.246 e. The number of hydrogen-bond donors (Lipinski definition) is 1. The normalized spacial score (nSPS) is 19.5. The van der Waals surface area contributed by atoms with Crippen LogP contribution in [-0.4, -0.2) is 26.7 Å². The first kappa shape index (κ1) is 18.9. The van der Waals surface area contributed by atoms with Crippen LogP contribution in [-0.2, 0) is 10.0 Å². The van der Waals surface area contributed by atoms with Crippen molar-refractivity contribution in [1.82, 2.24) is 9.88 Å². The van der Waals surface area contributed by atoms with Crippen LogP contribution in [0.5, 0.6) is 0 Å². The molecule has 2 aromatic rings. The Hall–Kier alpha value is -1.86. The van der Waals surface area contributed by atoms with E-state index in [1.54, 1.807) is 13.8 Å². The van der Waals surface area contributed by atoms with Crippen molar-refractivity contribution < 1.29 is 12.9 Å². The number of anilines is 1. The summed E-state index contributed by atoms with van der Waals surface area (Å²) in [4.78, 5) is 2.53. The van der Waals surface area contributed by atoms with E-state index in [-0.39, 0.29) is 10.9 Å². The molecule has 1 fully saturated rings. The number of piperidine rings is 1. The third-order valence-corrected chi connectivity index (χ3v) is 6.77. The molecule has 1 N–H and O–H groups in total. The lowest BCUT2D eigenvalue weighted by Gasteiger charge is -2.33. The molecule has 7 heteroatoms. The summed E-state index contributed by atoms with van der Waals surface area (Å²) >= 11 is 0. The van der Waals surface area contributed by atoms with Crippen LogP contribution in [0.15, 0.2) is 33.7 Å². The van der Waals surface area contributed by atoms with Crippen LogP contribution >= 0.6 is 0 Å². The summed E-state index contributed by atoms with van der Waals surface area (Å²) in [6.07, 6.45) is 2.51. The first-order valence-corrected chi connectivity index (χ1v) is 10.6. The highest BCUT2D eigenvalue weighted by molar-refractivity contribution is 7.89. The van der Waals surface area contributed by atoms with Crippen LogP contribution in [0.3, 0.4) is 0 Å². The van der Waals surface area contributed by atoms with Crippen molar-refractivity contribution >= 4 is 15.7 Å². The number of nitrogens with one attached hydrogen (secondary N) is 1. The van der Waals surface area contributed by atoms with E-state index in [1.807, 2.05) is 19.1 Å². The Morgan fingerprint density at radius 3 is 2.54 bits per heavy atom. The zero-order chi connectivity index (χ0) is 18.9. The quantitative estimate of drug-likeness (QED) is 0.862. The molecule has 6 nitrogen and oxygen atoms in total. The Labute approximate surface area is 155 Å². The second-order valence-electron chi connectivity index (χ2n) is 7.28. The molecule has 1 aromatic heterocycles. The van der Waals surface area contributed by atoms with Crippen LogP contribution < -0.4 is 9.62 Å². The lowest BCUT2D eigenvalue weighted by Crippen LogP contribution is -2.34. The van der Waals surface area contributed by atoms with Gasteiger partial charge >= 0.3 is 0 Å². The van der Waals surface area contributed by atoms with Crippen molar-refractivity contribution in [2.75, 3.05) is 18.0 Å². The number of rotatable bonds is 5. The molecule has 2 heterocycles. The van der Waals surface area contributed by atoms with Gasteiger partial charge in [0.05, 0.1) is 0 Å². The summed E-state index contributed by atoms with van der Waals surface area (Å²) in [5, 5.41) is 3.73. The van der Waals surface area contributed by atoms with E-state index in [2.05, 4.69) is 33.8 Å². The Balaban J connectivity index is 1.73. The van der Waals surface area contributed by atoms with E-state index < -0.39 is 10.0 Å². The molecule has 3 rings (SSSR count). The fourth-order valence-electron chi connectivity index (χ4n) is 3.62. The molecule has 26 heavy (non-hydrogen) atoms. The molecule has 1 aliphatic heterocycles. The van der Waals surface area contributed by atoms with Gasteiger partial charge in [0.25, 0.3) is 0 Å². The standard InChI is InChI=1S/C19H27N3O3S/c1-13-6-5-11-22(12-13)18-9-7-17(8-10-18)14(2)21-26(23,24)19-15(3)20-25-16(19)4/h7-10,13-14,21H,5-6,11-12H2,1-4H3/t13-,14+/m1/s1. The van der Waals surface area contributed by atoms with Gasteiger partial charge in [-0.05, 0) is 57.2 Å². The lowest BCUT2D eigenvalue weighted by atomic mass is 9.99. The number of hydrogen-bond acceptors (Lipinski definition) is 5. The molecule has 142 valence electrons. The van der Waals surface area contributed by atoms with E-state index in [1.165, 1.54) is 18.5 Å². The number of aryl methyl sites for hydroxylation is 2. The van der Waals surface area contributed by atoms with Gasteiger partial charge in [0.15, 0.2) is 5.76 Å². The molecule has 0 bridgehead atoms. The highest BCUT2D eigenvalue weighted by Crippen LogP contribution is 2.26. The summed E-state index contributed by atoms with van der Waals surface area (Å²) in [7, 11) is -3.68. The van der Waals surface area contributed by atoms with Gasteiger partial charge in [-0.2, -0.15) is 0 Å². The molecule has 0 amide bonds. The number of sulfonamides is 1. The Kier molecular flexibility index (Phi) is 5.39. The number of benzene rings is 1. The van der Waals surface area contributed by atoms with Crippen LogP contribution in [0.1, 0.15) is 49.7 Å². The van der Waals surface area contributed by atoms with Crippen LogP contribution in [0, 0.1) is 19.8 Å². The smallest absolute Gasteiger partial charge is 0.246 e. The fourth-order valence-corrected chi connectivity index (χ4v) is 5.18. The largest absolute Gasteiger partial charge is 0.371 e. The van der Waals surface area contributed by atoms with Crippen molar-refractivity contribution in [2.24, 2.45) is 5.92 Å². The zero-order valence-electron chi connectivity index (χ0n) is 15.8. The van der Waals surface area contributed by atoms with Gasteiger partial charge in [-0.1, -0.05) is 24.2 Å². The molecule has 0 spiro atoms. The summed E-state index contributed by atoms with van der Waals surface area (Å²) in [5.74, 6) is 1.01. The Bertz CT molecular complexity index is 839. The summed E-state index contributed by atoms with van der Waals surface area (Å²) in [5.41, 5.74) is 2.49. The Morgan fingerprint density at radius 2 is 1.96 bits per heavy atom. The van der Waals surface area contributed by atoms with Crippen molar-refractivity contribution in [3.05, 3.63) is 41.3 Å². The first-order valence-electron chi connectivity index (χ1n) is 9.08. The van der Waals surface area contributed by atoms with Crippen LogP contribution in [0.4, 0.5) is 5.69 Å². The number of aromatic nitrogens is 1. The predicted octanol–water partition coefficient (Wildman–Crippen LogP) is 3.57. The molecule has 1 aliphatic rings. The van der Waals surface area contributed by atoms with Crippen molar-refractivity contribution in [3.63, 3.8) is 0 Å². The van der Waals surface area contributed by atoms with Gasteiger partial charge in [-0.3, -0.25) is 0 Å². The first-order chi connectivity index (χ1) is 12.3. The topological polar surface area (TPSA) is 75.4 Å². The third-order valence-electron chi connectivity index (χ3n) is 4.98. The average molecular weight is 378 g/mol. The second kappa shape index (κ2) is 7.40. The molecule has 0 aliphatic carbocycles. The highest BCUT2D eigenvalue weighted by atomic mass is 32.2. The van der Waals surface area contributed by atoms with Crippen LogP contribution in [0.25, 0.3) is 0 Å². The summed E-state index contributed by atoms with van der Waals surface area (Å²) in [6, 6.07) is 7.80. The molecular formula is C19H27N3O3S. The van der Waals surface area contributed by atoms with Crippen molar-refractivity contribution in [1.29, 1.82) is 0 Å². The van der Waals surface area contributed by atoms with E-state index in [9.17, 15) is 8.42 Å². The zero-order valence-corrected chi connectivity index (χ0v) is 16.6. The third kappa shape index (κ3) is 3.94. The minimum Gasteiger partial charge on any atom is -0.371 e. The summed E-state index contributed by atoms with van der Waals surface area (Å²) < 4.78 is 33.0. The molecule has 0 saturated carbocycles. The maximum absolute atomic E-state index is 12.6. The predicted molar refractivity (Wildman–Crippen MR) is 102 cm³/mol. The van der Waals surface area contributed by atoms with E-state index in [4.69, 9.17) is 4.52 Å². The van der Waals surface area contributed by atoms with Gasteiger partial charge in [-0.25, -0.2) is 13.1 Å².